The highest BCUT2D eigenvalue weighted by atomic mass is 19.4. The van der Waals surface area contributed by atoms with Gasteiger partial charge in [-0.1, -0.05) is 12.1 Å². The molecule has 0 saturated heterocycles. The van der Waals surface area contributed by atoms with Gasteiger partial charge in [-0.3, -0.25) is 0 Å². The Hall–Kier alpha value is -1.10. The first-order valence-electron chi connectivity index (χ1n) is 6.87. The maximum absolute atomic E-state index is 13.5. The SMILES string of the molecule is Cc1ccc(C(N)C2CCC(C(F)(F)F)CC2)cc1F. The molecule has 5 heteroatoms. The number of hydrogen-bond donors (Lipinski definition) is 1. The van der Waals surface area contributed by atoms with Crippen LogP contribution in [0.1, 0.15) is 42.9 Å². The summed E-state index contributed by atoms with van der Waals surface area (Å²) < 4.78 is 51.3. The first kappa shape index (κ1) is 15.3. The normalized spacial score (nSPS) is 25.5. The molecule has 1 aliphatic carbocycles. The van der Waals surface area contributed by atoms with Gasteiger partial charge in [-0.05, 0) is 55.7 Å². The van der Waals surface area contributed by atoms with Crippen LogP contribution in [-0.2, 0) is 0 Å². The number of aryl methyl sites for hydroxylation is 1. The van der Waals surface area contributed by atoms with E-state index in [1.165, 1.54) is 6.07 Å². The fraction of sp³-hybridized carbons (Fsp3) is 0.600. The molecular formula is C15H19F4N. The van der Waals surface area contributed by atoms with Crippen LogP contribution in [0.5, 0.6) is 0 Å². The summed E-state index contributed by atoms with van der Waals surface area (Å²) in [5, 5.41) is 0. The van der Waals surface area contributed by atoms with Crippen molar-refractivity contribution in [2.45, 2.75) is 44.8 Å². The fourth-order valence-corrected chi connectivity index (χ4v) is 2.89. The van der Waals surface area contributed by atoms with Crippen molar-refractivity contribution in [3.05, 3.63) is 35.1 Å². The second-order valence-corrected chi connectivity index (χ2v) is 5.69. The third-order valence-electron chi connectivity index (χ3n) is 4.32. The van der Waals surface area contributed by atoms with Gasteiger partial charge in [0.1, 0.15) is 5.82 Å². The Balaban J connectivity index is 2.01. The fourth-order valence-electron chi connectivity index (χ4n) is 2.89. The lowest BCUT2D eigenvalue weighted by atomic mass is 9.76. The maximum Gasteiger partial charge on any atom is 0.391 e. The zero-order valence-corrected chi connectivity index (χ0v) is 11.4. The summed E-state index contributed by atoms with van der Waals surface area (Å²) in [5.74, 6) is -1.53. The molecule has 1 atom stereocenters. The van der Waals surface area contributed by atoms with Gasteiger partial charge in [-0.2, -0.15) is 13.2 Å². The molecule has 1 aromatic rings. The molecule has 2 N–H and O–H groups in total. The minimum atomic E-state index is -4.11. The van der Waals surface area contributed by atoms with E-state index in [1.54, 1.807) is 19.1 Å². The molecule has 0 aliphatic heterocycles. The van der Waals surface area contributed by atoms with Gasteiger partial charge in [0.25, 0.3) is 0 Å². The number of benzene rings is 1. The van der Waals surface area contributed by atoms with Crippen molar-refractivity contribution in [1.29, 1.82) is 0 Å². The average Bonchev–Trinajstić information content (AvgIpc) is 2.40. The Bertz CT molecular complexity index is 461. The molecule has 20 heavy (non-hydrogen) atoms. The first-order valence-corrected chi connectivity index (χ1v) is 6.87. The van der Waals surface area contributed by atoms with Gasteiger partial charge in [0, 0.05) is 6.04 Å². The summed E-state index contributed by atoms with van der Waals surface area (Å²) in [4.78, 5) is 0. The Morgan fingerprint density at radius 2 is 1.75 bits per heavy atom. The summed E-state index contributed by atoms with van der Waals surface area (Å²) in [6, 6.07) is 4.43. The van der Waals surface area contributed by atoms with Gasteiger partial charge in [0.15, 0.2) is 0 Å². The van der Waals surface area contributed by atoms with Crippen LogP contribution in [0.4, 0.5) is 17.6 Å². The highest BCUT2D eigenvalue weighted by Crippen LogP contribution is 2.42. The third kappa shape index (κ3) is 3.32. The van der Waals surface area contributed by atoms with Crippen molar-refractivity contribution in [1.82, 2.24) is 0 Å². The topological polar surface area (TPSA) is 26.0 Å². The molecular weight excluding hydrogens is 270 g/mol. The van der Waals surface area contributed by atoms with Gasteiger partial charge in [0.05, 0.1) is 5.92 Å². The number of halogens is 4. The van der Waals surface area contributed by atoms with Gasteiger partial charge in [-0.25, -0.2) is 4.39 Å². The molecule has 2 rings (SSSR count). The van der Waals surface area contributed by atoms with Crippen LogP contribution in [0.3, 0.4) is 0 Å². The van der Waals surface area contributed by atoms with Gasteiger partial charge < -0.3 is 5.73 Å². The van der Waals surface area contributed by atoms with E-state index in [0.717, 1.165) is 0 Å². The van der Waals surface area contributed by atoms with Gasteiger partial charge in [-0.15, -0.1) is 0 Å². The summed E-state index contributed by atoms with van der Waals surface area (Å²) >= 11 is 0. The van der Waals surface area contributed by atoms with E-state index in [0.29, 0.717) is 24.0 Å². The zero-order chi connectivity index (χ0) is 14.9. The minimum absolute atomic E-state index is 0.00398. The van der Waals surface area contributed by atoms with E-state index in [2.05, 4.69) is 0 Å². The molecule has 112 valence electrons. The summed E-state index contributed by atoms with van der Waals surface area (Å²) in [6.07, 6.45) is -2.97. The molecule has 1 fully saturated rings. The lowest BCUT2D eigenvalue weighted by Gasteiger charge is -2.33. The van der Waals surface area contributed by atoms with Crippen LogP contribution < -0.4 is 5.73 Å². The van der Waals surface area contributed by atoms with Crippen LogP contribution in [-0.4, -0.2) is 6.18 Å². The number of nitrogens with two attached hydrogens (primary N) is 1. The van der Waals surface area contributed by atoms with Crippen LogP contribution in [0.15, 0.2) is 18.2 Å². The Morgan fingerprint density at radius 1 is 1.15 bits per heavy atom. The van der Waals surface area contributed by atoms with Crippen LogP contribution >= 0.6 is 0 Å². The molecule has 0 bridgehead atoms. The standard InChI is InChI=1S/C15H19F4N/c1-9-2-3-11(8-13(9)16)14(20)10-4-6-12(7-5-10)15(17,18)19/h2-3,8,10,12,14H,4-7,20H2,1H3. The smallest absolute Gasteiger partial charge is 0.324 e. The second-order valence-electron chi connectivity index (χ2n) is 5.69. The van der Waals surface area contributed by atoms with Crippen molar-refractivity contribution in [2.75, 3.05) is 0 Å². The number of hydrogen-bond acceptors (Lipinski definition) is 1. The van der Waals surface area contributed by atoms with E-state index in [1.807, 2.05) is 0 Å². The molecule has 1 nitrogen and oxygen atoms in total. The van der Waals surface area contributed by atoms with E-state index in [-0.39, 0.29) is 30.6 Å². The average molecular weight is 289 g/mol. The lowest BCUT2D eigenvalue weighted by Crippen LogP contribution is -2.31. The monoisotopic (exact) mass is 289 g/mol. The van der Waals surface area contributed by atoms with E-state index in [9.17, 15) is 17.6 Å². The van der Waals surface area contributed by atoms with Crippen molar-refractivity contribution < 1.29 is 17.6 Å². The number of rotatable bonds is 2. The highest BCUT2D eigenvalue weighted by Gasteiger charge is 2.42. The Labute approximate surface area is 116 Å². The molecule has 1 aromatic carbocycles. The summed E-state index contributed by atoms with van der Waals surface area (Å²) in [7, 11) is 0. The van der Waals surface area contributed by atoms with E-state index in [4.69, 9.17) is 5.73 Å². The van der Waals surface area contributed by atoms with Crippen LogP contribution in [0.2, 0.25) is 0 Å². The summed E-state index contributed by atoms with van der Waals surface area (Å²) in [6.45, 7) is 1.67. The van der Waals surface area contributed by atoms with Gasteiger partial charge >= 0.3 is 6.18 Å². The Kier molecular flexibility index (Phi) is 4.37. The first-order chi connectivity index (χ1) is 9.29. The van der Waals surface area contributed by atoms with Crippen molar-refractivity contribution in [2.24, 2.45) is 17.6 Å². The largest absolute Gasteiger partial charge is 0.391 e. The zero-order valence-electron chi connectivity index (χ0n) is 11.4. The quantitative estimate of drug-likeness (QED) is 0.797. The third-order valence-corrected chi connectivity index (χ3v) is 4.32. The molecule has 0 radical (unpaired) electrons. The van der Waals surface area contributed by atoms with Crippen molar-refractivity contribution in [3.63, 3.8) is 0 Å². The van der Waals surface area contributed by atoms with Crippen LogP contribution in [0, 0.1) is 24.6 Å². The van der Waals surface area contributed by atoms with Crippen molar-refractivity contribution >= 4 is 0 Å². The predicted molar refractivity (Wildman–Crippen MR) is 69.6 cm³/mol. The molecule has 0 aromatic heterocycles. The Morgan fingerprint density at radius 3 is 2.25 bits per heavy atom. The molecule has 1 saturated carbocycles. The number of alkyl halides is 3. The van der Waals surface area contributed by atoms with E-state index >= 15 is 0 Å². The minimum Gasteiger partial charge on any atom is -0.324 e. The maximum atomic E-state index is 13.5. The molecule has 0 heterocycles. The summed E-state index contributed by atoms with van der Waals surface area (Å²) in [5.41, 5.74) is 7.31. The molecule has 0 amide bonds. The molecule has 0 spiro atoms. The van der Waals surface area contributed by atoms with Gasteiger partial charge in [0.2, 0.25) is 0 Å². The second kappa shape index (κ2) is 5.72. The predicted octanol–water partition coefficient (Wildman–Crippen LogP) is 4.50. The van der Waals surface area contributed by atoms with Crippen LogP contribution in [0.25, 0.3) is 0 Å². The highest BCUT2D eigenvalue weighted by molar-refractivity contribution is 5.26. The van der Waals surface area contributed by atoms with Crippen molar-refractivity contribution in [3.8, 4) is 0 Å². The molecule has 1 aliphatic rings. The lowest BCUT2D eigenvalue weighted by molar-refractivity contribution is -0.184. The van der Waals surface area contributed by atoms with E-state index < -0.39 is 12.1 Å². The molecule has 1 unspecified atom stereocenters.